The van der Waals surface area contributed by atoms with Gasteiger partial charge < -0.3 is 4.57 Å². The van der Waals surface area contributed by atoms with E-state index in [4.69, 9.17) is 9.97 Å². The minimum Gasteiger partial charge on any atom is -0.309 e. The molecule has 0 radical (unpaired) electrons. The number of nitrogens with zero attached hydrogens (tertiary/aromatic N) is 4. The molecule has 0 saturated carbocycles. The van der Waals surface area contributed by atoms with Gasteiger partial charge in [-0.25, -0.2) is 9.97 Å². The fraction of sp³-hybridized carbons (Fsp3) is 0. The molecule has 0 unspecified atom stereocenters. The van der Waals surface area contributed by atoms with Crippen molar-refractivity contribution in [2.75, 3.05) is 0 Å². The van der Waals surface area contributed by atoms with Crippen molar-refractivity contribution in [2.45, 2.75) is 0 Å². The second-order valence-corrected chi connectivity index (χ2v) is 11.1. The van der Waals surface area contributed by atoms with Gasteiger partial charge in [0.05, 0.1) is 27.9 Å². The highest BCUT2D eigenvalue weighted by atomic mass is 15.1. The van der Waals surface area contributed by atoms with E-state index in [1.165, 1.54) is 21.8 Å². The summed E-state index contributed by atoms with van der Waals surface area (Å²) >= 11 is 0. The first kappa shape index (κ1) is 24.6. The Balaban J connectivity index is 1.29. The lowest BCUT2D eigenvalue weighted by Gasteiger charge is -2.13. The summed E-state index contributed by atoms with van der Waals surface area (Å²) in [5, 5.41) is 3.59. The summed E-state index contributed by atoms with van der Waals surface area (Å²) in [6.45, 7) is 0. The van der Waals surface area contributed by atoms with E-state index in [0.29, 0.717) is 0 Å². The Hall–Kier alpha value is -6.00. The number of rotatable bonds is 4. The van der Waals surface area contributed by atoms with Crippen LogP contribution in [0.1, 0.15) is 0 Å². The van der Waals surface area contributed by atoms with Crippen LogP contribution in [-0.4, -0.2) is 19.1 Å². The third-order valence-electron chi connectivity index (χ3n) is 8.53. The molecule has 206 valence electrons. The van der Waals surface area contributed by atoms with Crippen molar-refractivity contribution in [1.82, 2.24) is 19.1 Å². The number of hydrogen-bond donors (Lipinski definition) is 0. The second kappa shape index (κ2) is 9.79. The molecule has 0 aliphatic heterocycles. The van der Waals surface area contributed by atoms with E-state index in [1.807, 2.05) is 12.1 Å². The minimum atomic E-state index is 0.846. The Morgan fingerprint density at radius 2 is 0.795 bits per heavy atom. The molecule has 0 aliphatic carbocycles. The van der Waals surface area contributed by atoms with Crippen molar-refractivity contribution < 1.29 is 0 Å². The van der Waals surface area contributed by atoms with Crippen molar-refractivity contribution in [3.8, 4) is 33.9 Å². The second-order valence-electron chi connectivity index (χ2n) is 11.1. The monoisotopic (exact) mass is 562 g/mol. The van der Waals surface area contributed by atoms with Crippen LogP contribution in [0.5, 0.6) is 0 Å². The maximum atomic E-state index is 5.42. The first-order chi connectivity index (χ1) is 21.8. The average Bonchev–Trinajstić information content (AvgIpc) is 3.61. The van der Waals surface area contributed by atoms with Crippen LogP contribution in [0.25, 0.3) is 77.8 Å². The summed E-state index contributed by atoms with van der Waals surface area (Å²) in [6.07, 6.45) is 0. The van der Waals surface area contributed by atoms with Gasteiger partial charge in [0.25, 0.3) is 0 Å². The quantitative estimate of drug-likeness (QED) is 0.214. The van der Waals surface area contributed by atoms with Crippen molar-refractivity contribution >= 4 is 43.9 Å². The van der Waals surface area contributed by atoms with Crippen LogP contribution in [0, 0.1) is 0 Å². The van der Waals surface area contributed by atoms with E-state index >= 15 is 0 Å². The van der Waals surface area contributed by atoms with Crippen LogP contribution in [0.15, 0.2) is 158 Å². The molecule has 0 amide bonds. The maximum absolute atomic E-state index is 5.42. The predicted molar refractivity (Wildman–Crippen MR) is 182 cm³/mol. The van der Waals surface area contributed by atoms with E-state index in [9.17, 15) is 0 Å². The molecule has 4 nitrogen and oxygen atoms in total. The van der Waals surface area contributed by atoms with Gasteiger partial charge in [-0.15, -0.1) is 0 Å². The molecule has 6 aromatic carbocycles. The van der Waals surface area contributed by atoms with E-state index in [1.54, 1.807) is 0 Å². The summed E-state index contributed by atoms with van der Waals surface area (Å²) in [5.41, 5.74) is 11.2. The zero-order chi connectivity index (χ0) is 29.0. The Morgan fingerprint density at radius 3 is 1.43 bits per heavy atom. The molecule has 3 heterocycles. The summed E-state index contributed by atoms with van der Waals surface area (Å²) in [7, 11) is 0. The Morgan fingerprint density at radius 1 is 0.341 bits per heavy atom. The Kier molecular flexibility index (Phi) is 5.47. The van der Waals surface area contributed by atoms with Crippen molar-refractivity contribution in [2.24, 2.45) is 0 Å². The van der Waals surface area contributed by atoms with Crippen molar-refractivity contribution in [1.29, 1.82) is 0 Å². The van der Waals surface area contributed by atoms with E-state index in [-0.39, 0.29) is 0 Å². The molecule has 9 aromatic rings. The molecular formula is C40H26N4. The molecule has 44 heavy (non-hydrogen) atoms. The number of para-hydroxylation sites is 4. The van der Waals surface area contributed by atoms with Gasteiger partial charge in [-0.1, -0.05) is 115 Å². The molecule has 3 aromatic heterocycles. The molecule has 4 heteroatoms. The maximum Gasteiger partial charge on any atom is 0.165 e. The number of aromatic nitrogens is 4. The standard InChI is InChI=1S/C40H26N4/c1-3-13-27(14-4-1)37-38(42-40-39(41-37)33-19-9-12-22-36(33)44(40)29-15-5-2-6-16-29)28-23-25-30(26-24-28)43-34-20-10-7-17-31(34)32-18-8-11-21-35(32)43/h1-26H. The number of hydrogen-bond acceptors (Lipinski definition) is 2. The first-order valence-corrected chi connectivity index (χ1v) is 14.9. The largest absolute Gasteiger partial charge is 0.309 e. The van der Waals surface area contributed by atoms with Crippen LogP contribution in [0.4, 0.5) is 0 Å². The average molecular weight is 563 g/mol. The van der Waals surface area contributed by atoms with Crippen LogP contribution in [0.3, 0.4) is 0 Å². The highest BCUT2D eigenvalue weighted by molar-refractivity contribution is 6.09. The van der Waals surface area contributed by atoms with Gasteiger partial charge in [0.2, 0.25) is 0 Å². The van der Waals surface area contributed by atoms with E-state index in [2.05, 4.69) is 155 Å². The molecule has 0 fully saturated rings. The highest BCUT2D eigenvalue weighted by Gasteiger charge is 2.20. The molecular weight excluding hydrogens is 536 g/mol. The SMILES string of the molecule is c1ccc(-c2nc3c4ccccc4n(-c4ccccc4)c3nc2-c2ccc(-n3c4ccccc4c4ccccc43)cc2)cc1. The van der Waals surface area contributed by atoms with Crippen molar-refractivity contribution in [3.63, 3.8) is 0 Å². The van der Waals surface area contributed by atoms with Gasteiger partial charge in [0.15, 0.2) is 5.65 Å². The Labute approximate surface area is 254 Å². The predicted octanol–water partition coefficient (Wildman–Crippen LogP) is 10.0. The van der Waals surface area contributed by atoms with E-state index in [0.717, 1.165) is 56.0 Å². The lowest BCUT2D eigenvalue weighted by Crippen LogP contribution is -2.00. The summed E-state index contributed by atoms with van der Waals surface area (Å²) in [6, 6.07) is 55.2. The minimum absolute atomic E-state index is 0.846. The molecule has 9 rings (SSSR count). The van der Waals surface area contributed by atoms with Gasteiger partial charge in [0, 0.05) is 38.7 Å². The van der Waals surface area contributed by atoms with Gasteiger partial charge >= 0.3 is 0 Å². The summed E-state index contributed by atoms with van der Waals surface area (Å²) < 4.78 is 4.57. The lowest BCUT2D eigenvalue weighted by atomic mass is 10.0. The third-order valence-corrected chi connectivity index (χ3v) is 8.53. The van der Waals surface area contributed by atoms with Gasteiger partial charge in [-0.05, 0) is 42.5 Å². The number of fused-ring (bicyclic) bond motifs is 6. The van der Waals surface area contributed by atoms with Crippen LogP contribution in [0.2, 0.25) is 0 Å². The van der Waals surface area contributed by atoms with Gasteiger partial charge in [-0.3, -0.25) is 4.57 Å². The topological polar surface area (TPSA) is 35.6 Å². The van der Waals surface area contributed by atoms with Gasteiger partial charge in [0.1, 0.15) is 5.52 Å². The van der Waals surface area contributed by atoms with Crippen LogP contribution >= 0.6 is 0 Å². The van der Waals surface area contributed by atoms with Crippen LogP contribution < -0.4 is 0 Å². The van der Waals surface area contributed by atoms with Crippen LogP contribution in [-0.2, 0) is 0 Å². The Bertz CT molecular complexity index is 2420. The zero-order valence-corrected chi connectivity index (χ0v) is 23.8. The number of benzene rings is 6. The fourth-order valence-electron chi connectivity index (χ4n) is 6.55. The molecule has 0 aliphatic rings. The molecule has 0 bridgehead atoms. The summed E-state index contributed by atoms with van der Waals surface area (Å²) in [5.74, 6) is 0. The summed E-state index contributed by atoms with van der Waals surface area (Å²) in [4.78, 5) is 10.8. The lowest BCUT2D eigenvalue weighted by molar-refractivity contribution is 1.13. The normalized spacial score (nSPS) is 11.6. The highest BCUT2D eigenvalue weighted by Crippen LogP contribution is 2.37. The zero-order valence-electron chi connectivity index (χ0n) is 23.8. The van der Waals surface area contributed by atoms with Crippen molar-refractivity contribution in [3.05, 3.63) is 158 Å². The molecule has 0 atom stereocenters. The fourth-order valence-corrected chi connectivity index (χ4v) is 6.55. The first-order valence-electron chi connectivity index (χ1n) is 14.9. The molecule has 0 spiro atoms. The third kappa shape index (κ3) is 3.71. The van der Waals surface area contributed by atoms with Gasteiger partial charge in [-0.2, -0.15) is 0 Å². The molecule has 0 N–H and O–H groups in total. The smallest absolute Gasteiger partial charge is 0.165 e. The molecule has 0 saturated heterocycles. The van der Waals surface area contributed by atoms with E-state index < -0.39 is 0 Å².